The molecule has 78 valence electrons. The molecule has 0 aliphatic carbocycles. The van der Waals surface area contributed by atoms with Gasteiger partial charge in [-0.2, -0.15) is 0 Å². The van der Waals surface area contributed by atoms with Gasteiger partial charge in [0, 0.05) is 27.2 Å². The molecule has 0 aromatic carbocycles. The molecule has 0 rings (SSSR count). The van der Waals surface area contributed by atoms with Crippen LogP contribution in [0.15, 0.2) is 4.99 Å². The van der Waals surface area contributed by atoms with Crippen molar-refractivity contribution in [2.24, 2.45) is 16.6 Å². The van der Waals surface area contributed by atoms with E-state index in [1.54, 1.807) is 14.2 Å². The molecule has 2 N–H and O–H groups in total. The predicted octanol–water partition coefficient (Wildman–Crippen LogP) is 0.535. The van der Waals surface area contributed by atoms with E-state index >= 15 is 0 Å². The molecule has 0 heterocycles. The number of guanidine groups is 1. The predicted molar refractivity (Wildman–Crippen MR) is 55.8 cm³/mol. The SMILES string of the molecule is CN=C(N)N(CCOC)CC(C)C. The third-order valence-corrected chi connectivity index (χ3v) is 1.70. The van der Waals surface area contributed by atoms with Crippen LogP contribution in [0.5, 0.6) is 0 Å². The van der Waals surface area contributed by atoms with Crippen molar-refractivity contribution in [3.05, 3.63) is 0 Å². The molecule has 0 amide bonds. The van der Waals surface area contributed by atoms with Crippen LogP contribution in [0.25, 0.3) is 0 Å². The first-order valence-corrected chi connectivity index (χ1v) is 4.58. The highest BCUT2D eigenvalue weighted by Gasteiger charge is 2.08. The van der Waals surface area contributed by atoms with Crippen LogP contribution in [-0.2, 0) is 4.74 Å². The summed E-state index contributed by atoms with van der Waals surface area (Å²) in [7, 11) is 3.39. The molecule has 13 heavy (non-hydrogen) atoms. The van der Waals surface area contributed by atoms with Crippen molar-refractivity contribution in [2.45, 2.75) is 13.8 Å². The lowest BCUT2D eigenvalue weighted by Crippen LogP contribution is -2.41. The molecule has 0 spiro atoms. The molecule has 0 unspecified atom stereocenters. The Morgan fingerprint density at radius 3 is 2.54 bits per heavy atom. The number of nitrogens with zero attached hydrogens (tertiary/aromatic N) is 2. The van der Waals surface area contributed by atoms with Gasteiger partial charge in [0.1, 0.15) is 0 Å². The van der Waals surface area contributed by atoms with Gasteiger partial charge in [-0.3, -0.25) is 4.99 Å². The number of ether oxygens (including phenoxy) is 1. The van der Waals surface area contributed by atoms with Gasteiger partial charge >= 0.3 is 0 Å². The van der Waals surface area contributed by atoms with E-state index in [0.29, 0.717) is 18.5 Å². The van der Waals surface area contributed by atoms with E-state index in [0.717, 1.165) is 13.1 Å². The monoisotopic (exact) mass is 187 g/mol. The molecule has 4 heteroatoms. The quantitative estimate of drug-likeness (QED) is 0.505. The van der Waals surface area contributed by atoms with E-state index in [2.05, 4.69) is 18.8 Å². The van der Waals surface area contributed by atoms with E-state index < -0.39 is 0 Å². The second-order valence-electron chi connectivity index (χ2n) is 3.41. The van der Waals surface area contributed by atoms with Gasteiger partial charge in [-0.1, -0.05) is 13.8 Å². The Balaban J connectivity index is 4.03. The largest absolute Gasteiger partial charge is 0.383 e. The third kappa shape index (κ3) is 5.47. The molecule has 0 aliphatic rings. The fraction of sp³-hybridized carbons (Fsp3) is 0.889. The van der Waals surface area contributed by atoms with Crippen molar-refractivity contribution in [3.63, 3.8) is 0 Å². The van der Waals surface area contributed by atoms with E-state index in [1.165, 1.54) is 0 Å². The summed E-state index contributed by atoms with van der Waals surface area (Å²) in [6.45, 7) is 6.72. The number of hydrogen-bond acceptors (Lipinski definition) is 2. The summed E-state index contributed by atoms with van der Waals surface area (Å²) in [6.07, 6.45) is 0. The van der Waals surface area contributed by atoms with Crippen LogP contribution in [0.3, 0.4) is 0 Å². The summed E-state index contributed by atoms with van der Waals surface area (Å²) in [5, 5.41) is 0. The fourth-order valence-electron chi connectivity index (χ4n) is 1.08. The number of aliphatic imine (C=N–C) groups is 1. The van der Waals surface area contributed by atoms with Crippen molar-refractivity contribution in [2.75, 3.05) is 33.9 Å². The van der Waals surface area contributed by atoms with Crippen molar-refractivity contribution in [1.29, 1.82) is 0 Å². The minimum Gasteiger partial charge on any atom is -0.383 e. The van der Waals surface area contributed by atoms with Crippen LogP contribution >= 0.6 is 0 Å². The third-order valence-electron chi connectivity index (χ3n) is 1.70. The first-order chi connectivity index (χ1) is 6.11. The molecular weight excluding hydrogens is 166 g/mol. The summed E-state index contributed by atoms with van der Waals surface area (Å²) >= 11 is 0. The van der Waals surface area contributed by atoms with Crippen LogP contribution in [0, 0.1) is 5.92 Å². The number of nitrogens with two attached hydrogens (primary N) is 1. The van der Waals surface area contributed by atoms with Crippen molar-refractivity contribution in [3.8, 4) is 0 Å². The molecule has 0 radical (unpaired) electrons. The fourth-order valence-corrected chi connectivity index (χ4v) is 1.08. The Bertz CT molecular complexity index is 157. The normalized spacial score (nSPS) is 12.2. The molecule has 0 fully saturated rings. The van der Waals surface area contributed by atoms with Crippen LogP contribution in [0.4, 0.5) is 0 Å². The van der Waals surface area contributed by atoms with Crippen LogP contribution < -0.4 is 5.73 Å². The summed E-state index contributed by atoms with van der Waals surface area (Å²) < 4.78 is 5.00. The van der Waals surface area contributed by atoms with Crippen LogP contribution in [-0.4, -0.2) is 44.7 Å². The van der Waals surface area contributed by atoms with E-state index in [9.17, 15) is 0 Å². The van der Waals surface area contributed by atoms with Crippen molar-refractivity contribution >= 4 is 5.96 Å². The lowest BCUT2D eigenvalue weighted by atomic mass is 10.2. The molecule has 0 bridgehead atoms. The summed E-state index contributed by atoms with van der Waals surface area (Å²) in [4.78, 5) is 6.00. The second kappa shape index (κ2) is 6.71. The highest BCUT2D eigenvalue weighted by atomic mass is 16.5. The molecule has 0 saturated heterocycles. The molecule has 0 aliphatic heterocycles. The highest BCUT2D eigenvalue weighted by Crippen LogP contribution is 1.97. The minimum atomic E-state index is 0.581. The van der Waals surface area contributed by atoms with Gasteiger partial charge in [-0.25, -0.2) is 0 Å². The van der Waals surface area contributed by atoms with Gasteiger partial charge < -0.3 is 15.4 Å². The Hall–Kier alpha value is -0.770. The van der Waals surface area contributed by atoms with Gasteiger partial charge in [0.15, 0.2) is 5.96 Å². The first-order valence-electron chi connectivity index (χ1n) is 4.58. The standard InChI is InChI=1S/C9H21N3O/c1-8(2)7-12(5-6-13-4)9(10)11-3/h8H,5-7H2,1-4H3,(H2,10,11). The van der Waals surface area contributed by atoms with E-state index in [4.69, 9.17) is 10.5 Å². The van der Waals surface area contributed by atoms with Crippen LogP contribution in [0.2, 0.25) is 0 Å². The Labute approximate surface area is 80.8 Å². The molecule has 0 saturated carbocycles. The lowest BCUT2D eigenvalue weighted by molar-refractivity contribution is 0.171. The zero-order chi connectivity index (χ0) is 10.3. The maximum Gasteiger partial charge on any atom is 0.191 e. The van der Waals surface area contributed by atoms with Crippen LogP contribution in [0.1, 0.15) is 13.8 Å². The van der Waals surface area contributed by atoms with Gasteiger partial charge in [-0.15, -0.1) is 0 Å². The number of rotatable bonds is 5. The Morgan fingerprint density at radius 1 is 1.54 bits per heavy atom. The van der Waals surface area contributed by atoms with E-state index in [-0.39, 0.29) is 0 Å². The lowest BCUT2D eigenvalue weighted by Gasteiger charge is -2.24. The summed E-state index contributed by atoms with van der Waals surface area (Å²) in [6, 6.07) is 0. The zero-order valence-corrected chi connectivity index (χ0v) is 9.08. The second-order valence-corrected chi connectivity index (χ2v) is 3.41. The molecule has 0 atom stereocenters. The van der Waals surface area contributed by atoms with E-state index in [1.807, 2.05) is 4.90 Å². The van der Waals surface area contributed by atoms with Gasteiger partial charge in [0.05, 0.1) is 6.61 Å². The van der Waals surface area contributed by atoms with Gasteiger partial charge in [0.25, 0.3) is 0 Å². The smallest absolute Gasteiger partial charge is 0.191 e. The van der Waals surface area contributed by atoms with Gasteiger partial charge in [0.2, 0.25) is 0 Å². The molecular formula is C9H21N3O. The van der Waals surface area contributed by atoms with Crippen molar-refractivity contribution < 1.29 is 4.74 Å². The number of methoxy groups -OCH3 is 1. The molecule has 0 aromatic rings. The summed E-state index contributed by atoms with van der Waals surface area (Å²) in [5.74, 6) is 1.17. The topological polar surface area (TPSA) is 50.8 Å². The average molecular weight is 187 g/mol. The Morgan fingerprint density at radius 2 is 2.15 bits per heavy atom. The molecule has 4 nitrogen and oxygen atoms in total. The van der Waals surface area contributed by atoms with Gasteiger partial charge in [-0.05, 0) is 5.92 Å². The maximum atomic E-state index is 5.73. The minimum absolute atomic E-state index is 0.581. The Kier molecular flexibility index (Phi) is 6.32. The zero-order valence-electron chi connectivity index (χ0n) is 9.08. The highest BCUT2D eigenvalue weighted by molar-refractivity contribution is 5.77. The number of hydrogen-bond donors (Lipinski definition) is 1. The van der Waals surface area contributed by atoms with Crippen molar-refractivity contribution in [1.82, 2.24) is 4.90 Å². The first kappa shape index (κ1) is 12.2. The average Bonchev–Trinajstić information content (AvgIpc) is 2.10. The molecule has 0 aromatic heterocycles. The maximum absolute atomic E-state index is 5.73. The summed E-state index contributed by atoms with van der Waals surface area (Å²) in [5.41, 5.74) is 5.73.